The molecule has 0 radical (unpaired) electrons. The predicted molar refractivity (Wildman–Crippen MR) is 67.7 cm³/mol. The first kappa shape index (κ1) is 16.4. The van der Waals surface area contributed by atoms with E-state index in [0.717, 1.165) is 5.56 Å². The molecule has 1 rings (SSSR count). The molecule has 0 aliphatic rings. The molecule has 0 aromatic heterocycles. The molecule has 0 N–H and O–H groups in total. The number of benzene rings is 1. The summed E-state index contributed by atoms with van der Waals surface area (Å²) in [4.78, 5) is 11.3. The maximum absolute atomic E-state index is 12.7. The van der Waals surface area contributed by atoms with E-state index in [1.165, 1.54) is 19.1 Å². The van der Waals surface area contributed by atoms with Crippen molar-refractivity contribution in [2.24, 2.45) is 4.40 Å². The number of aryl methyl sites for hydroxylation is 1. The van der Waals surface area contributed by atoms with Gasteiger partial charge in [-0.2, -0.15) is 17.6 Å². The second-order valence-corrected chi connectivity index (χ2v) is 4.87. The molecule has 0 amide bonds. The highest BCUT2D eigenvalue weighted by Crippen LogP contribution is 2.20. The molecular formula is C12H12F3NO3S. The summed E-state index contributed by atoms with van der Waals surface area (Å²) >= 11 is 0. The molecule has 0 aliphatic carbocycles. The Hall–Kier alpha value is -1.70. The average molecular weight is 307 g/mol. The van der Waals surface area contributed by atoms with Crippen LogP contribution in [-0.4, -0.2) is 28.7 Å². The number of nitrogens with zero attached hydrogens (tertiary/aromatic N) is 1. The fourth-order valence-electron chi connectivity index (χ4n) is 1.19. The molecule has 0 saturated heterocycles. The standard InChI is InChI=1S/C12H12F3NO3S/c1-3-19-11(17)10(12(13,14)15)16-20(18)9-6-4-8(2)5-7-9/h4-7H,3H2,1-2H3/b16-10+. The van der Waals surface area contributed by atoms with Crippen LogP contribution in [-0.2, 0) is 20.5 Å². The molecule has 1 aromatic carbocycles. The summed E-state index contributed by atoms with van der Waals surface area (Å²) in [7, 11) is -2.33. The zero-order chi connectivity index (χ0) is 15.3. The minimum absolute atomic E-state index is 0.0710. The molecular weight excluding hydrogens is 295 g/mol. The Morgan fingerprint density at radius 1 is 1.30 bits per heavy atom. The van der Waals surface area contributed by atoms with Crippen LogP contribution in [0, 0.1) is 6.92 Å². The normalized spacial score (nSPS) is 13.9. The van der Waals surface area contributed by atoms with Crippen molar-refractivity contribution in [2.45, 2.75) is 24.9 Å². The lowest BCUT2D eigenvalue weighted by atomic mass is 10.2. The van der Waals surface area contributed by atoms with E-state index in [2.05, 4.69) is 9.13 Å². The maximum Gasteiger partial charge on any atom is 0.441 e. The zero-order valence-electron chi connectivity index (χ0n) is 10.7. The van der Waals surface area contributed by atoms with Crippen LogP contribution < -0.4 is 0 Å². The summed E-state index contributed by atoms with van der Waals surface area (Å²) in [6.07, 6.45) is -5.02. The molecule has 0 spiro atoms. The number of hydrogen-bond donors (Lipinski definition) is 0. The van der Waals surface area contributed by atoms with Crippen LogP contribution in [0.3, 0.4) is 0 Å². The van der Waals surface area contributed by atoms with Gasteiger partial charge in [-0.1, -0.05) is 17.7 Å². The Kier molecular flexibility index (Phi) is 5.43. The average Bonchev–Trinajstić information content (AvgIpc) is 2.35. The Bertz CT molecular complexity index is 538. The number of carbonyl (C=O) groups excluding carboxylic acids is 1. The van der Waals surface area contributed by atoms with Gasteiger partial charge < -0.3 is 4.74 Å². The predicted octanol–water partition coefficient (Wildman–Crippen LogP) is 2.58. The number of esters is 1. The van der Waals surface area contributed by atoms with Crippen LogP contribution in [0.2, 0.25) is 0 Å². The van der Waals surface area contributed by atoms with Crippen molar-refractivity contribution < 1.29 is 26.9 Å². The quantitative estimate of drug-likeness (QED) is 0.634. The summed E-state index contributed by atoms with van der Waals surface area (Å²) in [6.45, 7) is 2.91. The topological polar surface area (TPSA) is 55.7 Å². The number of hydrogen-bond acceptors (Lipinski definition) is 3. The van der Waals surface area contributed by atoms with E-state index in [9.17, 15) is 22.2 Å². The van der Waals surface area contributed by atoms with E-state index < -0.39 is 28.8 Å². The first-order valence-electron chi connectivity index (χ1n) is 5.57. The summed E-state index contributed by atoms with van der Waals surface area (Å²) in [5.74, 6) is -1.64. The molecule has 8 heteroatoms. The number of ether oxygens (including phenoxy) is 1. The van der Waals surface area contributed by atoms with Crippen LogP contribution in [0.25, 0.3) is 0 Å². The Morgan fingerprint density at radius 2 is 1.85 bits per heavy atom. The summed E-state index contributed by atoms with van der Waals surface area (Å²) in [5, 5.41) is 0. The molecule has 0 saturated carbocycles. The van der Waals surface area contributed by atoms with E-state index in [-0.39, 0.29) is 11.5 Å². The summed E-state index contributed by atoms with van der Waals surface area (Å²) < 4.78 is 57.0. The first-order valence-corrected chi connectivity index (χ1v) is 6.68. The van der Waals surface area contributed by atoms with E-state index in [0.29, 0.717) is 0 Å². The molecule has 1 unspecified atom stereocenters. The van der Waals surface area contributed by atoms with Gasteiger partial charge in [0.05, 0.1) is 11.5 Å². The van der Waals surface area contributed by atoms with Crippen molar-refractivity contribution in [3.8, 4) is 0 Å². The third kappa shape index (κ3) is 4.44. The third-order valence-electron chi connectivity index (χ3n) is 2.13. The van der Waals surface area contributed by atoms with E-state index in [4.69, 9.17) is 0 Å². The lowest BCUT2D eigenvalue weighted by molar-refractivity contribution is -0.139. The van der Waals surface area contributed by atoms with Crippen LogP contribution in [0.4, 0.5) is 13.2 Å². The van der Waals surface area contributed by atoms with Crippen LogP contribution in [0.1, 0.15) is 12.5 Å². The second-order valence-electron chi connectivity index (χ2n) is 3.72. The molecule has 0 heterocycles. The van der Waals surface area contributed by atoms with Gasteiger partial charge >= 0.3 is 12.1 Å². The third-order valence-corrected chi connectivity index (χ3v) is 3.16. The van der Waals surface area contributed by atoms with Gasteiger partial charge in [-0.15, -0.1) is 0 Å². The smallest absolute Gasteiger partial charge is 0.441 e. The first-order chi connectivity index (χ1) is 9.25. The highest BCUT2D eigenvalue weighted by molar-refractivity contribution is 7.84. The Morgan fingerprint density at radius 3 is 2.30 bits per heavy atom. The number of alkyl halides is 3. The van der Waals surface area contributed by atoms with Gasteiger partial charge in [0.15, 0.2) is 11.0 Å². The SMILES string of the molecule is CCOC(=O)/C(=N\S(=O)c1ccc(C)cc1)C(F)(F)F. The highest BCUT2D eigenvalue weighted by atomic mass is 32.2. The fraction of sp³-hybridized carbons (Fsp3) is 0.333. The zero-order valence-corrected chi connectivity index (χ0v) is 11.5. The van der Waals surface area contributed by atoms with Crippen molar-refractivity contribution >= 4 is 22.7 Å². The van der Waals surface area contributed by atoms with Gasteiger partial charge in [0, 0.05) is 0 Å². The maximum atomic E-state index is 12.7. The highest BCUT2D eigenvalue weighted by Gasteiger charge is 2.42. The van der Waals surface area contributed by atoms with Gasteiger partial charge in [0.2, 0.25) is 5.71 Å². The van der Waals surface area contributed by atoms with Gasteiger partial charge in [0.25, 0.3) is 0 Å². The monoisotopic (exact) mass is 307 g/mol. The van der Waals surface area contributed by atoms with Gasteiger partial charge in [-0.05, 0) is 26.0 Å². The van der Waals surface area contributed by atoms with Crippen molar-refractivity contribution in [1.29, 1.82) is 0 Å². The molecule has 1 aromatic rings. The summed E-state index contributed by atoms with van der Waals surface area (Å²) in [6, 6.07) is 5.93. The molecule has 0 bridgehead atoms. The van der Waals surface area contributed by atoms with Crippen molar-refractivity contribution in [1.82, 2.24) is 0 Å². The van der Waals surface area contributed by atoms with E-state index >= 15 is 0 Å². The molecule has 20 heavy (non-hydrogen) atoms. The largest absolute Gasteiger partial charge is 0.461 e. The van der Waals surface area contributed by atoms with Crippen molar-refractivity contribution in [3.63, 3.8) is 0 Å². The van der Waals surface area contributed by atoms with Crippen molar-refractivity contribution in [2.75, 3.05) is 6.61 Å². The van der Waals surface area contributed by atoms with Crippen LogP contribution >= 0.6 is 0 Å². The van der Waals surface area contributed by atoms with Crippen molar-refractivity contribution in [3.05, 3.63) is 29.8 Å². The number of rotatable bonds is 4. The lowest BCUT2D eigenvalue weighted by Gasteiger charge is -2.09. The minimum atomic E-state index is -5.02. The molecule has 110 valence electrons. The van der Waals surface area contributed by atoms with Crippen LogP contribution in [0.15, 0.2) is 33.6 Å². The van der Waals surface area contributed by atoms with E-state index in [1.54, 1.807) is 19.1 Å². The van der Waals surface area contributed by atoms with Gasteiger partial charge in [-0.25, -0.2) is 9.00 Å². The van der Waals surface area contributed by atoms with Gasteiger partial charge in [0.1, 0.15) is 0 Å². The fourth-order valence-corrected chi connectivity index (χ4v) is 2.01. The minimum Gasteiger partial charge on any atom is -0.461 e. The lowest BCUT2D eigenvalue weighted by Crippen LogP contribution is -2.33. The molecule has 0 aliphatic heterocycles. The molecule has 1 atom stereocenters. The Balaban J connectivity index is 3.10. The number of halogens is 3. The summed E-state index contributed by atoms with van der Waals surface area (Å²) in [5.41, 5.74) is -0.950. The van der Waals surface area contributed by atoms with Crippen LogP contribution in [0.5, 0.6) is 0 Å². The number of carbonyl (C=O) groups is 1. The Labute approximate surface area is 116 Å². The molecule has 0 fully saturated rings. The van der Waals surface area contributed by atoms with Gasteiger partial charge in [-0.3, -0.25) is 0 Å². The second kappa shape index (κ2) is 6.65. The molecule has 4 nitrogen and oxygen atoms in total. The van der Waals surface area contributed by atoms with E-state index in [1.807, 2.05) is 0 Å².